The number of carbonyl (C=O) groups excluding carboxylic acids is 6. The van der Waals surface area contributed by atoms with E-state index < -0.39 is 36.4 Å². The van der Waals surface area contributed by atoms with E-state index in [1.807, 2.05) is 36.4 Å². The summed E-state index contributed by atoms with van der Waals surface area (Å²) in [5.74, 6) is -1.31. The molecular formula is C60H68N6O8. The summed E-state index contributed by atoms with van der Waals surface area (Å²) in [5, 5.41) is 11.8. The highest BCUT2D eigenvalue weighted by Crippen LogP contribution is 2.56. The number of nitrogens with one attached hydrogen (secondary N) is 4. The lowest BCUT2D eigenvalue weighted by Crippen LogP contribution is -2.48. The summed E-state index contributed by atoms with van der Waals surface area (Å²) in [4.78, 5) is 85.5. The second-order valence-corrected chi connectivity index (χ2v) is 21.2. The lowest BCUT2D eigenvalue weighted by atomic mass is 9.73. The first-order valence-electron chi connectivity index (χ1n) is 26.2. The van der Waals surface area contributed by atoms with E-state index in [4.69, 9.17) is 9.47 Å². The van der Waals surface area contributed by atoms with Crippen LogP contribution in [0, 0.1) is 0 Å². The molecule has 14 heteroatoms. The zero-order valence-electron chi connectivity index (χ0n) is 43.3. The Kier molecular flexibility index (Phi) is 15.0. The van der Waals surface area contributed by atoms with Crippen molar-refractivity contribution in [2.24, 2.45) is 0 Å². The van der Waals surface area contributed by atoms with E-state index in [1.54, 1.807) is 72.2 Å². The van der Waals surface area contributed by atoms with Crippen LogP contribution in [0.3, 0.4) is 0 Å². The molecule has 2 aliphatic heterocycles. The van der Waals surface area contributed by atoms with Crippen molar-refractivity contribution in [3.63, 3.8) is 0 Å². The van der Waals surface area contributed by atoms with E-state index in [2.05, 4.69) is 73.2 Å². The molecule has 2 heterocycles. The minimum Gasteiger partial charge on any atom is -0.450 e. The van der Waals surface area contributed by atoms with Gasteiger partial charge in [-0.15, -0.1) is 0 Å². The number of benzene rings is 5. The van der Waals surface area contributed by atoms with E-state index in [9.17, 15) is 28.8 Å². The van der Waals surface area contributed by atoms with Crippen molar-refractivity contribution in [2.75, 3.05) is 36.9 Å². The number of likely N-dealkylation sites (tertiary alicyclic amines) is 2. The number of hydrogen-bond acceptors (Lipinski definition) is 8. The smallest absolute Gasteiger partial charge is 0.408 e. The number of carbonyl (C=O) groups is 6. The van der Waals surface area contributed by atoms with Crippen LogP contribution in [0.15, 0.2) is 109 Å². The molecule has 74 heavy (non-hydrogen) atoms. The van der Waals surface area contributed by atoms with Crippen LogP contribution < -0.4 is 21.3 Å². The molecule has 2 aliphatic carbocycles. The topological polar surface area (TPSA) is 175 Å². The first kappa shape index (κ1) is 51.4. The van der Waals surface area contributed by atoms with E-state index in [0.29, 0.717) is 61.3 Å². The van der Waals surface area contributed by atoms with Crippen LogP contribution in [0.1, 0.15) is 126 Å². The maximum atomic E-state index is 14.3. The van der Waals surface area contributed by atoms with Crippen molar-refractivity contribution in [1.29, 1.82) is 0 Å². The monoisotopic (exact) mass is 1000 g/mol. The fourth-order valence-corrected chi connectivity index (χ4v) is 12.0. The highest BCUT2D eigenvalue weighted by atomic mass is 16.6. The fraction of sp³-hybridized carbons (Fsp3) is 0.400. The Bertz CT molecular complexity index is 2760. The van der Waals surface area contributed by atoms with Gasteiger partial charge in [0.25, 0.3) is 11.8 Å². The van der Waals surface area contributed by atoms with Crippen LogP contribution in [0.25, 0.3) is 22.3 Å². The van der Waals surface area contributed by atoms with Gasteiger partial charge in [0.05, 0.1) is 13.2 Å². The molecule has 4 atom stereocenters. The third-order valence-electron chi connectivity index (χ3n) is 15.4. The molecule has 0 radical (unpaired) electrons. The molecule has 4 N–H and O–H groups in total. The Morgan fingerprint density at radius 1 is 0.554 bits per heavy atom. The van der Waals surface area contributed by atoms with Gasteiger partial charge < -0.3 is 40.5 Å². The molecule has 0 aromatic heterocycles. The summed E-state index contributed by atoms with van der Waals surface area (Å²) < 4.78 is 10.3. The first-order valence-corrected chi connectivity index (χ1v) is 26.2. The number of rotatable bonds is 14. The van der Waals surface area contributed by atoms with Gasteiger partial charge in [-0.1, -0.05) is 113 Å². The predicted octanol–water partition coefficient (Wildman–Crippen LogP) is 10.3. The number of ether oxygens (including phenoxy) is 2. The number of alkyl carbamates (subject to hydrolysis) is 2. The van der Waals surface area contributed by atoms with Gasteiger partial charge in [0.2, 0.25) is 11.8 Å². The van der Waals surface area contributed by atoms with Crippen LogP contribution >= 0.6 is 0 Å². The van der Waals surface area contributed by atoms with Gasteiger partial charge in [0, 0.05) is 24.5 Å². The third-order valence-corrected chi connectivity index (χ3v) is 15.4. The van der Waals surface area contributed by atoms with Crippen LogP contribution in [-0.2, 0) is 52.3 Å². The number of nitrogens with zero attached hydrogens (tertiary/aromatic N) is 2. The molecule has 5 aromatic rings. The van der Waals surface area contributed by atoms with E-state index in [-0.39, 0.29) is 47.7 Å². The summed E-state index contributed by atoms with van der Waals surface area (Å²) in [6.45, 7) is 13.7. The van der Waals surface area contributed by atoms with E-state index in [0.717, 1.165) is 36.8 Å². The van der Waals surface area contributed by atoms with E-state index >= 15 is 0 Å². The summed E-state index contributed by atoms with van der Waals surface area (Å²) in [7, 11) is 0. The van der Waals surface area contributed by atoms with Gasteiger partial charge in [-0.2, -0.15) is 0 Å². The summed E-state index contributed by atoms with van der Waals surface area (Å²) in [5.41, 5.74) is 11.7. The molecule has 2 saturated heterocycles. The number of amides is 6. The molecule has 0 unspecified atom stereocenters. The Morgan fingerprint density at radius 2 is 0.946 bits per heavy atom. The molecule has 0 spiro atoms. The van der Waals surface area contributed by atoms with Crippen molar-refractivity contribution in [2.45, 2.75) is 128 Å². The largest absolute Gasteiger partial charge is 0.450 e. The average molecular weight is 1000 g/mol. The molecule has 6 amide bonds. The standard InChI is InChI=1S/C60H68N6O8/c1-7-73-57(71)63-51(37-19-11-9-12-20-37)55(69)65-33-17-27-45(65)53(67)61-41-25-15-23-39(35-41)47-43-29-31-60(5,6)50(43)48(44-30-32-59(3,4)49(44)47)40-24-16-26-42(36-40)62-54(68)46-28-18-34-66(46)56(70)52(64-58(72)74-8-2)38-21-13-10-14-22-38/h9-16,19-26,35-36,45-46,51-52H,7-8,17-18,27-34H2,1-6H3,(H,61,67)(H,62,68)(H,63,71)(H,64,72)/t45-,46-,51+,52+/m0/s1. The Balaban J connectivity index is 0.997. The van der Waals surface area contributed by atoms with E-state index in [1.165, 1.54) is 33.4 Å². The third kappa shape index (κ3) is 10.4. The normalized spacial score (nSPS) is 18.9. The molecule has 9 rings (SSSR count). The van der Waals surface area contributed by atoms with Crippen LogP contribution in [-0.4, -0.2) is 84.0 Å². The summed E-state index contributed by atoms with van der Waals surface area (Å²) >= 11 is 0. The molecule has 386 valence electrons. The van der Waals surface area contributed by atoms with Crippen LogP contribution in [0.2, 0.25) is 0 Å². The number of anilines is 2. The van der Waals surface area contributed by atoms with Crippen molar-refractivity contribution in [1.82, 2.24) is 20.4 Å². The molecule has 14 nitrogen and oxygen atoms in total. The van der Waals surface area contributed by atoms with Gasteiger partial charge in [-0.25, -0.2) is 9.59 Å². The maximum absolute atomic E-state index is 14.3. The summed E-state index contributed by atoms with van der Waals surface area (Å²) in [6.07, 6.45) is 4.46. The predicted molar refractivity (Wildman–Crippen MR) is 285 cm³/mol. The van der Waals surface area contributed by atoms with Crippen molar-refractivity contribution >= 4 is 47.2 Å². The minimum absolute atomic E-state index is 0.153. The Morgan fingerprint density at radius 3 is 1.32 bits per heavy atom. The quantitative estimate of drug-likeness (QED) is 0.0850. The lowest BCUT2D eigenvalue weighted by molar-refractivity contribution is -0.138. The maximum Gasteiger partial charge on any atom is 0.408 e. The molecular weight excluding hydrogens is 933 g/mol. The first-order chi connectivity index (χ1) is 35.6. The van der Waals surface area contributed by atoms with Crippen LogP contribution in [0.4, 0.5) is 21.0 Å². The van der Waals surface area contributed by atoms with Gasteiger partial charge in [-0.3, -0.25) is 19.2 Å². The zero-order valence-corrected chi connectivity index (χ0v) is 43.3. The van der Waals surface area contributed by atoms with Gasteiger partial charge in [-0.05, 0) is 156 Å². The van der Waals surface area contributed by atoms with Gasteiger partial charge in [0.15, 0.2) is 0 Å². The SMILES string of the molecule is CCOC(=O)N[C@@H](C(=O)N1CCC[C@H]1C(=O)Nc1cccc(-c2c3c(c(-c4cccc(NC(=O)[C@@H]5CCCN5C(=O)[C@H](NC(=O)OCC)c5ccccc5)c4)c4c2C(C)(C)CC4)C(C)(C)CC3)c1)c1ccccc1. The zero-order chi connectivity index (χ0) is 52.3. The Labute approximate surface area is 434 Å². The Hall–Kier alpha value is -7.48. The number of fused-ring (bicyclic) bond motifs is 2. The van der Waals surface area contributed by atoms with Crippen molar-refractivity contribution in [3.8, 4) is 22.3 Å². The molecule has 4 aliphatic rings. The van der Waals surface area contributed by atoms with Crippen molar-refractivity contribution in [3.05, 3.63) is 143 Å². The molecule has 5 aromatic carbocycles. The molecule has 2 fully saturated rings. The molecule has 0 saturated carbocycles. The highest BCUT2D eigenvalue weighted by Gasteiger charge is 2.44. The highest BCUT2D eigenvalue weighted by molar-refractivity contribution is 6.01. The average Bonchev–Trinajstić information content (AvgIpc) is 4.21. The minimum atomic E-state index is -1.02. The van der Waals surface area contributed by atoms with Crippen LogP contribution in [0.5, 0.6) is 0 Å². The lowest BCUT2D eigenvalue weighted by Gasteiger charge is -2.31. The van der Waals surface area contributed by atoms with Crippen molar-refractivity contribution < 1.29 is 38.2 Å². The summed E-state index contributed by atoms with van der Waals surface area (Å²) in [6, 6.07) is 30.6. The van der Waals surface area contributed by atoms with Gasteiger partial charge in [0.1, 0.15) is 24.2 Å². The second-order valence-electron chi connectivity index (χ2n) is 21.2. The van der Waals surface area contributed by atoms with Gasteiger partial charge >= 0.3 is 12.2 Å². The second kappa shape index (κ2) is 21.5. The fourth-order valence-electron chi connectivity index (χ4n) is 12.0. The number of hydrogen-bond donors (Lipinski definition) is 4. The molecule has 0 bridgehead atoms.